The minimum absolute atomic E-state index is 0.188. The number of fused-ring (bicyclic) bond motifs is 3. The van der Waals surface area contributed by atoms with Gasteiger partial charge in [0, 0.05) is 11.1 Å². The van der Waals surface area contributed by atoms with Gasteiger partial charge >= 0.3 is 0 Å². The largest absolute Gasteiger partial charge is 0.371 e. The summed E-state index contributed by atoms with van der Waals surface area (Å²) in [4.78, 5) is 0. The molecule has 2 aliphatic heterocycles. The third-order valence-corrected chi connectivity index (χ3v) is 4.60. The van der Waals surface area contributed by atoms with Crippen LogP contribution in [0.2, 0.25) is 0 Å². The molecular weight excluding hydrogens is 292 g/mol. The van der Waals surface area contributed by atoms with Crippen LogP contribution in [0, 0.1) is 0 Å². The molecule has 2 saturated heterocycles. The molecule has 1 aliphatic carbocycles. The fourth-order valence-corrected chi connectivity index (χ4v) is 3.26. The first-order chi connectivity index (χ1) is 11.4. The standard InChI is InChI=1S/C19H18O4/c1-3-7-17-15(5-1)16-6-2-4-8-18(16)19(17,22-11-13-9-20-13)23-12-14-10-21-14/h1-8,13-14H,9-12H2. The summed E-state index contributed by atoms with van der Waals surface area (Å²) in [5, 5.41) is 0. The van der Waals surface area contributed by atoms with Crippen LogP contribution in [-0.2, 0) is 24.7 Å². The summed E-state index contributed by atoms with van der Waals surface area (Å²) >= 11 is 0. The SMILES string of the molecule is c1ccc2c(c1)-c1ccccc1C2(OCC1CO1)OCC1CO1. The first kappa shape index (κ1) is 13.7. The van der Waals surface area contributed by atoms with Crippen molar-refractivity contribution >= 4 is 0 Å². The molecule has 3 aliphatic rings. The lowest BCUT2D eigenvalue weighted by Gasteiger charge is -2.31. The molecule has 23 heavy (non-hydrogen) atoms. The highest BCUT2D eigenvalue weighted by Gasteiger charge is 2.47. The van der Waals surface area contributed by atoms with E-state index in [4.69, 9.17) is 18.9 Å². The van der Waals surface area contributed by atoms with Crippen molar-refractivity contribution < 1.29 is 18.9 Å². The summed E-state index contributed by atoms with van der Waals surface area (Å²) in [6.07, 6.45) is 0.375. The van der Waals surface area contributed by atoms with E-state index in [0.29, 0.717) is 13.2 Å². The van der Waals surface area contributed by atoms with Crippen LogP contribution in [0.3, 0.4) is 0 Å². The van der Waals surface area contributed by atoms with E-state index in [2.05, 4.69) is 36.4 Å². The predicted octanol–water partition coefficient (Wildman–Crippen LogP) is 2.70. The zero-order chi connectivity index (χ0) is 15.3. The molecule has 2 atom stereocenters. The summed E-state index contributed by atoms with van der Waals surface area (Å²) < 4.78 is 23.3. The van der Waals surface area contributed by atoms with Gasteiger partial charge in [-0.05, 0) is 11.1 Å². The lowest BCUT2D eigenvalue weighted by atomic mass is 10.0. The summed E-state index contributed by atoms with van der Waals surface area (Å²) in [6, 6.07) is 16.6. The number of hydrogen-bond donors (Lipinski definition) is 0. The Morgan fingerprint density at radius 2 is 1.22 bits per heavy atom. The van der Waals surface area contributed by atoms with Crippen molar-refractivity contribution in [2.45, 2.75) is 18.0 Å². The van der Waals surface area contributed by atoms with Crippen molar-refractivity contribution in [1.29, 1.82) is 0 Å². The molecule has 0 bridgehead atoms. The van der Waals surface area contributed by atoms with Crippen molar-refractivity contribution in [1.82, 2.24) is 0 Å². The van der Waals surface area contributed by atoms with Gasteiger partial charge in [-0.3, -0.25) is 0 Å². The van der Waals surface area contributed by atoms with E-state index in [1.807, 2.05) is 12.1 Å². The van der Waals surface area contributed by atoms with Crippen LogP contribution in [0.5, 0.6) is 0 Å². The summed E-state index contributed by atoms with van der Waals surface area (Å²) in [7, 11) is 0. The Hall–Kier alpha value is -1.72. The molecule has 5 rings (SSSR count). The molecule has 2 fully saturated rings. The van der Waals surface area contributed by atoms with Crippen molar-refractivity contribution in [3.63, 3.8) is 0 Å². The summed E-state index contributed by atoms with van der Waals surface area (Å²) in [6.45, 7) is 2.61. The van der Waals surface area contributed by atoms with Gasteiger partial charge in [0.2, 0.25) is 5.79 Å². The zero-order valence-corrected chi connectivity index (χ0v) is 12.7. The van der Waals surface area contributed by atoms with E-state index in [0.717, 1.165) is 24.3 Å². The maximum atomic E-state index is 6.34. The number of rotatable bonds is 6. The first-order valence-electron chi connectivity index (χ1n) is 8.07. The lowest BCUT2D eigenvalue weighted by molar-refractivity contribution is -0.219. The topological polar surface area (TPSA) is 43.5 Å². The monoisotopic (exact) mass is 310 g/mol. The normalized spacial score (nSPS) is 25.7. The number of ether oxygens (including phenoxy) is 4. The molecule has 2 unspecified atom stereocenters. The van der Waals surface area contributed by atoms with Crippen LogP contribution in [0.25, 0.3) is 11.1 Å². The number of epoxide rings is 2. The molecule has 4 heteroatoms. The van der Waals surface area contributed by atoms with E-state index in [9.17, 15) is 0 Å². The Bertz CT molecular complexity index is 670. The second-order valence-electron chi connectivity index (χ2n) is 6.24. The number of hydrogen-bond acceptors (Lipinski definition) is 4. The smallest absolute Gasteiger partial charge is 0.223 e. The summed E-state index contributed by atoms with van der Waals surface area (Å²) in [5.74, 6) is -0.856. The zero-order valence-electron chi connectivity index (χ0n) is 12.7. The van der Waals surface area contributed by atoms with E-state index in [1.165, 1.54) is 11.1 Å². The van der Waals surface area contributed by atoms with Crippen molar-refractivity contribution in [3.05, 3.63) is 59.7 Å². The Kier molecular flexibility index (Phi) is 3.06. The van der Waals surface area contributed by atoms with Gasteiger partial charge in [-0.15, -0.1) is 0 Å². The molecule has 118 valence electrons. The fourth-order valence-electron chi connectivity index (χ4n) is 3.26. The molecule has 4 nitrogen and oxygen atoms in total. The molecular formula is C19H18O4. The third kappa shape index (κ3) is 2.30. The lowest BCUT2D eigenvalue weighted by Crippen LogP contribution is -2.35. The molecule has 0 saturated carbocycles. The van der Waals surface area contributed by atoms with Crippen molar-refractivity contribution in [2.75, 3.05) is 26.4 Å². The van der Waals surface area contributed by atoms with Crippen molar-refractivity contribution in [2.24, 2.45) is 0 Å². The fraction of sp³-hybridized carbons (Fsp3) is 0.368. The Balaban J connectivity index is 1.60. The molecule has 0 N–H and O–H groups in total. The van der Waals surface area contributed by atoms with Gasteiger partial charge in [-0.25, -0.2) is 0 Å². The molecule has 2 heterocycles. The van der Waals surface area contributed by atoms with E-state index >= 15 is 0 Å². The Labute approximate surface area is 134 Å². The number of benzene rings is 2. The van der Waals surface area contributed by atoms with E-state index in [1.54, 1.807) is 0 Å². The molecule has 2 aromatic rings. The maximum absolute atomic E-state index is 6.34. The third-order valence-electron chi connectivity index (χ3n) is 4.60. The van der Waals surface area contributed by atoms with Crippen LogP contribution in [0.15, 0.2) is 48.5 Å². The van der Waals surface area contributed by atoms with Gasteiger partial charge in [0.15, 0.2) is 0 Å². The van der Waals surface area contributed by atoms with Gasteiger partial charge in [0.25, 0.3) is 0 Å². The maximum Gasteiger partial charge on any atom is 0.223 e. The van der Waals surface area contributed by atoms with Gasteiger partial charge < -0.3 is 18.9 Å². The predicted molar refractivity (Wildman–Crippen MR) is 84.0 cm³/mol. The molecule has 0 spiro atoms. The first-order valence-corrected chi connectivity index (χ1v) is 8.07. The van der Waals surface area contributed by atoms with Gasteiger partial charge in [0.1, 0.15) is 12.2 Å². The van der Waals surface area contributed by atoms with Crippen LogP contribution in [0.4, 0.5) is 0 Å². The molecule has 0 amide bonds. The average Bonchev–Trinajstić information content (AvgIpc) is 3.51. The molecule has 2 aromatic carbocycles. The van der Waals surface area contributed by atoms with Gasteiger partial charge in [0.05, 0.1) is 26.4 Å². The van der Waals surface area contributed by atoms with Crippen molar-refractivity contribution in [3.8, 4) is 11.1 Å². The van der Waals surface area contributed by atoms with E-state index in [-0.39, 0.29) is 12.2 Å². The highest BCUT2D eigenvalue weighted by molar-refractivity contribution is 5.79. The van der Waals surface area contributed by atoms with Crippen LogP contribution >= 0.6 is 0 Å². The Morgan fingerprint density at radius 3 is 1.65 bits per heavy atom. The van der Waals surface area contributed by atoms with Crippen LogP contribution in [0.1, 0.15) is 11.1 Å². The molecule has 0 radical (unpaired) electrons. The van der Waals surface area contributed by atoms with Crippen LogP contribution in [-0.4, -0.2) is 38.6 Å². The highest BCUT2D eigenvalue weighted by Crippen LogP contribution is 2.50. The second kappa shape index (κ2) is 5.14. The van der Waals surface area contributed by atoms with Gasteiger partial charge in [-0.2, -0.15) is 0 Å². The average molecular weight is 310 g/mol. The van der Waals surface area contributed by atoms with Gasteiger partial charge in [-0.1, -0.05) is 48.5 Å². The minimum Gasteiger partial charge on any atom is -0.371 e. The van der Waals surface area contributed by atoms with E-state index < -0.39 is 5.79 Å². The van der Waals surface area contributed by atoms with Crippen LogP contribution < -0.4 is 0 Å². The second-order valence-corrected chi connectivity index (χ2v) is 6.24. The molecule has 0 aromatic heterocycles. The summed E-state index contributed by atoms with van der Waals surface area (Å²) in [5.41, 5.74) is 4.50. The Morgan fingerprint density at radius 1 is 0.783 bits per heavy atom. The minimum atomic E-state index is -0.856. The quantitative estimate of drug-likeness (QED) is 0.608. The highest BCUT2D eigenvalue weighted by atomic mass is 16.7.